The van der Waals surface area contributed by atoms with Crippen molar-refractivity contribution in [2.45, 2.75) is 12.4 Å². The second-order valence-electron chi connectivity index (χ2n) is 10.6. The van der Waals surface area contributed by atoms with Crippen LogP contribution in [0.15, 0.2) is 37.2 Å². The Balaban J connectivity index is 0.000000191. The monoisotopic (exact) mass is 691 g/mol. The van der Waals surface area contributed by atoms with Crippen LogP contribution in [-0.4, -0.2) is 108 Å². The van der Waals surface area contributed by atoms with Gasteiger partial charge in [-0.05, 0) is 12.1 Å². The summed E-state index contributed by atoms with van der Waals surface area (Å²) >= 11 is 0. The van der Waals surface area contributed by atoms with Gasteiger partial charge in [-0.1, -0.05) is 0 Å². The number of halogens is 6. The number of anilines is 3. The van der Waals surface area contributed by atoms with E-state index in [0.717, 1.165) is 0 Å². The predicted octanol–water partition coefficient (Wildman–Crippen LogP) is 3.46. The summed E-state index contributed by atoms with van der Waals surface area (Å²) in [5, 5.41) is 0. The number of imidazole rings is 2. The smallest absolute Gasteiger partial charge is 0.451 e. The zero-order valence-electron chi connectivity index (χ0n) is 26.8. The summed E-state index contributed by atoms with van der Waals surface area (Å²) in [4.78, 5) is 44.0. The second-order valence-corrected chi connectivity index (χ2v) is 10.6. The first-order valence-corrected chi connectivity index (χ1v) is 13.9. The molecule has 49 heavy (non-hydrogen) atoms. The van der Waals surface area contributed by atoms with Gasteiger partial charge in [0.05, 0.1) is 7.11 Å². The van der Waals surface area contributed by atoms with Crippen LogP contribution in [0.25, 0.3) is 34.0 Å². The minimum absolute atomic E-state index is 0.0226. The van der Waals surface area contributed by atoms with Gasteiger partial charge in [0.25, 0.3) is 0 Å². The van der Waals surface area contributed by atoms with E-state index in [1.165, 1.54) is 52.3 Å². The molecular weight excluding hydrogens is 664 g/mol. The van der Waals surface area contributed by atoms with Gasteiger partial charge in [-0.3, -0.25) is 9.13 Å². The van der Waals surface area contributed by atoms with Crippen LogP contribution in [0.5, 0.6) is 5.88 Å². The SMILES string of the molecule is CN(C)c1nccc(-n2cnc3c(N(C)C)nc(C(F)(F)F)nc32)n1.COc1nc(C(F)(F)F)nc2c1ncn2-c1ccnc(N(C)C)n1. The van der Waals surface area contributed by atoms with Crippen LogP contribution in [0.2, 0.25) is 0 Å². The molecule has 0 radical (unpaired) electrons. The Morgan fingerprint density at radius 3 is 1.45 bits per heavy atom. The minimum Gasteiger partial charge on any atom is -0.479 e. The van der Waals surface area contributed by atoms with Gasteiger partial charge in [-0.2, -0.15) is 41.3 Å². The van der Waals surface area contributed by atoms with Crippen LogP contribution in [-0.2, 0) is 12.4 Å². The van der Waals surface area contributed by atoms with Gasteiger partial charge in [0.15, 0.2) is 28.1 Å². The summed E-state index contributed by atoms with van der Waals surface area (Å²) < 4.78 is 86.1. The normalized spacial score (nSPS) is 11.8. The van der Waals surface area contributed by atoms with Crippen molar-refractivity contribution in [3.8, 4) is 17.5 Å². The van der Waals surface area contributed by atoms with E-state index in [-0.39, 0.29) is 34.0 Å². The average Bonchev–Trinajstić information content (AvgIpc) is 3.68. The molecule has 0 aliphatic carbocycles. The fourth-order valence-electron chi connectivity index (χ4n) is 4.18. The molecule has 0 aromatic carbocycles. The Morgan fingerprint density at radius 1 is 0.571 bits per heavy atom. The number of methoxy groups -OCH3 is 1. The molecule has 22 heteroatoms. The maximum Gasteiger partial charge on any atom is 0.451 e. The molecule has 0 unspecified atom stereocenters. The van der Waals surface area contributed by atoms with E-state index in [0.29, 0.717) is 23.5 Å². The third kappa shape index (κ3) is 7.01. The highest BCUT2D eigenvalue weighted by molar-refractivity contribution is 5.84. The Morgan fingerprint density at radius 2 is 1.02 bits per heavy atom. The molecule has 0 saturated heterocycles. The summed E-state index contributed by atoms with van der Waals surface area (Å²) in [6, 6.07) is 3.11. The van der Waals surface area contributed by atoms with Crippen LogP contribution in [0, 0.1) is 0 Å². The van der Waals surface area contributed by atoms with E-state index >= 15 is 0 Å². The molecule has 0 N–H and O–H groups in total. The lowest BCUT2D eigenvalue weighted by atomic mass is 10.4. The lowest BCUT2D eigenvalue weighted by molar-refractivity contribution is -0.145. The number of hydrogen-bond acceptors (Lipinski definition) is 14. The summed E-state index contributed by atoms with van der Waals surface area (Å²) in [6.07, 6.45) is -3.70. The summed E-state index contributed by atoms with van der Waals surface area (Å²) in [7, 11) is 11.4. The van der Waals surface area contributed by atoms with Gasteiger partial charge in [0.2, 0.25) is 29.4 Å². The van der Waals surface area contributed by atoms with Crippen molar-refractivity contribution in [3.63, 3.8) is 0 Å². The maximum atomic E-state index is 13.2. The molecule has 0 amide bonds. The number of alkyl halides is 6. The maximum absolute atomic E-state index is 13.2. The topological polar surface area (TPSA) is 158 Å². The van der Waals surface area contributed by atoms with E-state index in [9.17, 15) is 26.3 Å². The molecule has 0 fully saturated rings. The molecule has 6 aromatic rings. The first-order valence-electron chi connectivity index (χ1n) is 13.9. The zero-order chi connectivity index (χ0) is 35.8. The standard InChI is InChI=1S/C14H15F3N8.C13H12F3N7O/c1-23(2)10-9-11(22-12(21-10)14(15,16)17)25(7-19-9)8-5-6-18-13(20-8)24(3)4;1-22(2)12-17-5-4-7(19-12)23-6-18-8-9(23)20-11(13(14,15)16)21-10(8)24-3/h5-7H,1-4H3;4-6H,1-3H3. The van der Waals surface area contributed by atoms with Crippen molar-refractivity contribution < 1.29 is 31.1 Å². The van der Waals surface area contributed by atoms with Crippen molar-refractivity contribution >= 4 is 40.0 Å². The molecule has 6 heterocycles. The van der Waals surface area contributed by atoms with E-state index in [1.807, 2.05) is 0 Å². The molecule has 0 spiro atoms. The van der Waals surface area contributed by atoms with Crippen LogP contribution in [0.3, 0.4) is 0 Å². The van der Waals surface area contributed by atoms with Crippen LogP contribution < -0.4 is 19.4 Å². The highest BCUT2D eigenvalue weighted by Crippen LogP contribution is 2.32. The van der Waals surface area contributed by atoms with Gasteiger partial charge < -0.3 is 19.4 Å². The molecule has 0 aliphatic rings. The molecule has 6 aromatic heterocycles. The predicted molar refractivity (Wildman–Crippen MR) is 164 cm³/mol. The first-order chi connectivity index (χ1) is 23.0. The number of hydrogen-bond donors (Lipinski definition) is 0. The lowest BCUT2D eigenvalue weighted by Crippen LogP contribution is -2.18. The Hall–Kier alpha value is -5.96. The van der Waals surface area contributed by atoms with Gasteiger partial charge in [-0.25, -0.2) is 34.9 Å². The van der Waals surface area contributed by atoms with Crippen molar-refractivity contribution in [3.05, 3.63) is 48.8 Å². The van der Waals surface area contributed by atoms with Crippen molar-refractivity contribution in [1.82, 2.24) is 59.0 Å². The van der Waals surface area contributed by atoms with Crippen LogP contribution in [0.4, 0.5) is 44.1 Å². The molecule has 0 bridgehead atoms. The largest absolute Gasteiger partial charge is 0.479 e. The van der Waals surface area contributed by atoms with Gasteiger partial charge >= 0.3 is 12.4 Å². The molecule has 16 nitrogen and oxygen atoms in total. The van der Waals surface area contributed by atoms with Crippen LogP contribution in [0.1, 0.15) is 11.6 Å². The molecule has 0 aliphatic heterocycles. The third-order valence-electron chi connectivity index (χ3n) is 6.42. The third-order valence-corrected chi connectivity index (χ3v) is 6.42. The Bertz CT molecular complexity index is 2110. The van der Waals surface area contributed by atoms with E-state index in [1.54, 1.807) is 58.2 Å². The highest BCUT2D eigenvalue weighted by Gasteiger charge is 2.37. The molecule has 0 saturated carbocycles. The highest BCUT2D eigenvalue weighted by atomic mass is 19.4. The first kappa shape index (κ1) is 34.4. The average molecular weight is 692 g/mol. The van der Waals surface area contributed by atoms with E-state index in [2.05, 4.69) is 49.8 Å². The van der Waals surface area contributed by atoms with E-state index in [4.69, 9.17) is 4.74 Å². The Labute approximate surface area is 273 Å². The van der Waals surface area contributed by atoms with Crippen LogP contribution >= 0.6 is 0 Å². The fourth-order valence-corrected chi connectivity index (χ4v) is 4.18. The van der Waals surface area contributed by atoms with Gasteiger partial charge in [0, 0.05) is 54.7 Å². The fraction of sp³-hybridized carbons (Fsp3) is 0.333. The summed E-state index contributed by atoms with van der Waals surface area (Å²) in [5.74, 6) is -1.22. The number of fused-ring (bicyclic) bond motifs is 2. The summed E-state index contributed by atoms with van der Waals surface area (Å²) in [5.41, 5.74) is 0.325. The number of nitrogens with zero attached hydrogens (tertiary/aromatic N) is 15. The molecule has 0 atom stereocenters. The second kappa shape index (κ2) is 12.9. The number of ether oxygens (including phenoxy) is 1. The number of aromatic nitrogens is 12. The minimum atomic E-state index is -4.71. The van der Waals surface area contributed by atoms with E-state index < -0.39 is 24.0 Å². The molecular formula is C27H27F6N15O. The quantitative estimate of drug-likeness (QED) is 0.234. The summed E-state index contributed by atoms with van der Waals surface area (Å²) in [6.45, 7) is 0. The van der Waals surface area contributed by atoms with Crippen molar-refractivity contribution in [2.75, 3.05) is 64.1 Å². The molecule has 258 valence electrons. The zero-order valence-corrected chi connectivity index (χ0v) is 26.8. The lowest BCUT2D eigenvalue weighted by Gasteiger charge is -2.15. The Kier molecular flexibility index (Phi) is 9.06. The number of rotatable bonds is 6. The van der Waals surface area contributed by atoms with Gasteiger partial charge in [-0.15, -0.1) is 0 Å². The molecule has 6 rings (SSSR count). The van der Waals surface area contributed by atoms with Gasteiger partial charge in [0.1, 0.15) is 24.3 Å². The van der Waals surface area contributed by atoms with Crippen molar-refractivity contribution in [2.24, 2.45) is 0 Å². The van der Waals surface area contributed by atoms with Crippen molar-refractivity contribution in [1.29, 1.82) is 0 Å².